The Morgan fingerprint density at radius 2 is 1.80 bits per heavy atom. The highest BCUT2D eigenvalue weighted by Gasteiger charge is 2.31. The molecule has 0 saturated carbocycles. The monoisotopic (exact) mass is 267 g/mol. The largest absolute Gasteiger partial charge is 0.379 e. The first-order chi connectivity index (χ1) is 9.75. The molecule has 2 atom stereocenters. The molecule has 2 aromatic carbocycles. The summed E-state index contributed by atoms with van der Waals surface area (Å²) >= 11 is 0. The third-order valence-electron chi connectivity index (χ3n) is 4.20. The van der Waals surface area contributed by atoms with E-state index in [9.17, 15) is 5.11 Å². The zero-order valence-corrected chi connectivity index (χ0v) is 11.9. The summed E-state index contributed by atoms with van der Waals surface area (Å²) in [5, 5.41) is 10.0. The summed E-state index contributed by atoms with van der Waals surface area (Å²) in [5.74, 6) is 0. The lowest BCUT2D eigenvalue weighted by Crippen LogP contribution is -2.31. The lowest BCUT2D eigenvalue weighted by molar-refractivity contribution is -0.0107. The maximum Gasteiger partial charge on any atom is 0.105 e. The minimum absolute atomic E-state index is 0.325. The highest BCUT2D eigenvalue weighted by Crippen LogP contribution is 2.37. The van der Waals surface area contributed by atoms with E-state index in [1.54, 1.807) is 0 Å². The Labute approximate surface area is 120 Å². The van der Waals surface area contributed by atoms with E-state index in [-0.39, 0.29) is 0 Å². The van der Waals surface area contributed by atoms with Crippen LogP contribution in [0.25, 0.3) is 0 Å². The topological polar surface area (TPSA) is 23.5 Å². The van der Waals surface area contributed by atoms with E-state index in [2.05, 4.69) is 59.5 Å². The molecular formula is C18H21NO. The third-order valence-corrected chi connectivity index (χ3v) is 4.20. The normalized spacial score (nSPS) is 19.8. The van der Waals surface area contributed by atoms with Crippen LogP contribution in [0.15, 0.2) is 54.6 Å². The van der Waals surface area contributed by atoms with Crippen molar-refractivity contribution in [1.29, 1.82) is 0 Å². The summed E-state index contributed by atoms with van der Waals surface area (Å²) in [6.45, 7) is 2.72. The van der Waals surface area contributed by atoms with Crippen molar-refractivity contribution >= 4 is 0 Å². The molecule has 0 bridgehead atoms. The number of nitrogens with zero attached hydrogens (tertiary/aromatic N) is 1. The Hall–Kier alpha value is -1.64. The number of aryl methyl sites for hydroxylation is 1. The first-order valence-corrected chi connectivity index (χ1v) is 7.31. The average molecular weight is 267 g/mol. The number of aliphatic hydroxyl groups is 1. The van der Waals surface area contributed by atoms with Gasteiger partial charge in [0.15, 0.2) is 0 Å². The Kier molecular flexibility index (Phi) is 3.86. The Bertz CT molecular complexity index is 565. The average Bonchev–Trinajstić information content (AvgIpc) is 2.85. The van der Waals surface area contributed by atoms with Crippen molar-refractivity contribution in [2.24, 2.45) is 0 Å². The van der Waals surface area contributed by atoms with Gasteiger partial charge in [-0.15, -0.1) is 0 Å². The van der Waals surface area contributed by atoms with Gasteiger partial charge in [0, 0.05) is 12.6 Å². The molecule has 2 unspecified atom stereocenters. The van der Waals surface area contributed by atoms with Crippen molar-refractivity contribution in [3.8, 4) is 0 Å². The molecule has 0 amide bonds. The minimum atomic E-state index is -0.400. The molecule has 0 fully saturated rings. The molecule has 0 aliphatic carbocycles. The van der Waals surface area contributed by atoms with Crippen LogP contribution < -0.4 is 0 Å². The molecule has 3 rings (SSSR count). The molecular weight excluding hydrogens is 246 g/mol. The van der Waals surface area contributed by atoms with Gasteiger partial charge in [0.25, 0.3) is 0 Å². The van der Waals surface area contributed by atoms with Crippen LogP contribution in [0.3, 0.4) is 0 Å². The molecule has 1 heterocycles. The molecule has 0 radical (unpaired) electrons. The van der Waals surface area contributed by atoms with Crippen LogP contribution in [0, 0.1) is 0 Å². The van der Waals surface area contributed by atoms with Crippen LogP contribution in [0.5, 0.6) is 0 Å². The van der Waals surface area contributed by atoms with Crippen LogP contribution in [0.4, 0.5) is 0 Å². The first-order valence-electron chi connectivity index (χ1n) is 7.31. The summed E-state index contributed by atoms with van der Waals surface area (Å²) in [5.41, 5.74) is 4.10. The molecule has 1 N–H and O–H groups in total. The van der Waals surface area contributed by atoms with Gasteiger partial charge >= 0.3 is 0 Å². The van der Waals surface area contributed by atoms with Crippen LogP contribution in [-0.4, -0.2) is 16.2 Å². The predicted octanol–water partition coefficient (Wildman–Crippen LogP) is 3.51. The second kappa shape index (κ2) is 5.78. The smallest absolute Gasteiger partial charge is 0.105 e. The van der Waals surface area contributed by atoms with Gasteiger partial charge in [0.05, 0.1) is 0 Å². The minimum Gasteiger partial charge on any atom is -0.379 e. The molecule has 1 aliphatic heterocycles. The molecule has 20 heavy (non-hydrogen) atoms. The molecule has 2 aromatic rings. The van der Waals surface area contributed by atoms with Gasteiger partial charge < -0.3 is 5.11 Å². The molecule has 2 heteroatoms. The highest BCUT2D eigenvalue weighted by molar-refractivity contribution is 5.34. The maximum absolute atomic E-state index is 10.0. The van der Waals surface area contributed by atoms with Crippen LogP contribution >= 0.6 is 0 Å². The standard InChI is InChI=1S/C18H21NO/c1-14(20)19-13-16-9-5-6-10-17(16)18(19)12-11-15-7-3-2-4-8-15/h2-10,14,18,20H,11-13H2,1H3. The van der Waals surface area contributed by atoms with Gasteiger partial charge in [-0.2, -0.15) is 0 Å². The van der Waals surface area contributed by atoms with Gasteiger partial charge in [-0.1, -0.05) is 54.6 Å². The summed E-state index contributed by atoms with van der Waals surface area (Å²) in [7, 11) is 0. The summed E-state index contributed by atoms with van der Waals surface area (Å²) in [6, 6.07) is 19.5. The zero-order valence-electron chi connectivity index (χ0n) is 11.9. The van der Waals surface area contributed by atoms with Crippen molar-refractivity contribution in [2.45, 2.75) is 38.6 Å². The fraction of sp³-hybridized carbons (Fsp3) is 0.333. The maximum atomic E-state index is 10.0. The Morgan fingerprint density at radius 3 is 2.55 bits per heavy atom. The van der Waals surface area contributed by atoms with Gasteiger partial charge in [-0.3, -0.25) is 4.90 Å². The van der Waals surface area contributed by atoms with Gasteiger partial charge in [0.2, 0.25) is 0 Å². The molecule has 0 aromatic heterocycles. The second-order valence-electron chi connectivity index (χ2n) is 5.54. The molecule has 2 nitrogen and oxygen atoms in total. The van der Waals surface area contributed by atoms with E-state index in [0.29, 0.717) is 6.04 Å². The number of fused-ring (bicyclic) bond motifs is 1. The fourth-order valence-corrected chi connectivity index (χ4v) is 3.15. The summed E-state index contributed by atoms with van der Waals surface area (Å²) in [6.07, 6.45) is 1.69. The van der Waals surface area contributed by atoms with Gasteiger partial charge in [0.1, 0.15) is 6.23 Å². The van der Waals surface area contributed by atoms with Crippen molar-refractivity contribution in [3.63, 3.8) is 0 Å². The van der Waals surface area contributed by atoms with E-state index in [1.807, 2.05) is 6.92 Å². The number of hydrogen-bond donors (Lipinski definition) is 1. The highest BCUT2D eigenvalue weighted by atomic mass is 16.3. The van der Waals surface area contributed by atoms with Crippen LogP contribution in [0.1, 0.15) is 36.1 Å². The van der Waals surface area contributed by atoms with E-state index < -0.39 is 6.23 Å². The Balaban J connectivity index is 1.78. The summed E-state index contributed by atoms with van der Waals surface area (Å²) in [4.78, 5) is 2.19. The third kappa shape index (κ3) is 2.62. The van der Waals surface area contributed by atoms with E-state index in [4.69, 9.17) is 0 Å². The fourth-order valence-electron chi connectivity index (χ4n) is 3.15. The number of aliphatic hydroxyl groups excluding tert-OH is 1. The SMILES string of the molecule is CC(O)N1Cc2ccccc2C1CCc1ccccc1. The number of hydrogen-bond acceptors (Lipinski definition) is 2. The van der Waals surface area contributed by atoms with Gasteiger partial charge in [-0.05, 0) is 36.5 Å². The van der Waals surface area contributed by atoms with Crippen LogP contribution in [0.2, 0.25) is 0 Å². The Morgan fingerprint density at radius 1 is 1.10 bits per heavy atom. The predicted molar refractivity (Wildman–Crippen MR) is 81.2 cm³/mol. The van der Waals surface area contributed by atoms with E-state index in [0.717, 1.165) is 19.4 Å². The molecule has 104 valence electrons. The lowest BCUT2D eigenvalue weighted by Gasteiger charge is -2.27. The molecule has 0 saturated heterocycles. The first kappa shape index (κ1) is 13.3. The quantitative estimate of drug-likeness (QED) is 0.916. The van der Waals surface area contributed by atoms with E-state index >= 15 is 0 Å². The van der Waals surface area contributed by atoms with Gasteiger partial charge in [-0.25, -0.2) is 0 Å². The summed E-state index contributed by atoms with van der Waals surface area (Å²) < 4.78 is 0. The molecule has 1 aliphatic rings. The lowest BCUT2D eigenvalue weighted by atomic mass is 9.98. The molecule has 0 spiro atoms. The zero-order chi connectivity index (χ0) is 13.9. The van der Waals surface area contributed by atoms with E-state index in [1.165, 1.54) is 16.7 Å². The van der Waals surface area contributed by atoms with Crippen molar-refractivity contribution < 1.29 is 5.11 Å². The number of rotatable bonds is 4. The number of benzene rings is 2. The van der Waals surface area contributed by atoms with Crippen LogP contribution in [-0.2, 0) is 13.0 Å². The van der Waals surface area contributed by atoms with Crippen molar-refractivity contribution in [1.82, 2.24) is 4.90 Å². The van der Waals surface area contributed by atoms with Crippen molar-refractivity contribution in [3.05, 3.63) is 71.3 Å². The second-order valence-corrected chi connectivity index (χ2v) is 5.54. The van der Waals surface area contributed by atoms with Crippen molar-refractivity contribution in [2.75, 3.05) is 0 Å².